The number of fused-ring (bicyclic) bond motifs is 2. The first-order valence-electron chi connectivity index (χ1n) is 9.14. The number of aryl methyl sites for hydroxylation is 1. The van der Waals surface area contributed by atoms with Crippen molar-refractivity contribution in [2.24, 2.45) is 13.0 Å². The van der Waals surface area contributed by atoms with Gasteiger partial charge in [0.25, 0.3) is 5.91 Å². The minimum absolute atomic E-state index is 0.00694. The molecule has 132 valence electrons. The maximum absolute atomic E-state index is 12.8. The van der Waals surface area contributed by atoms with Crippen LogP contribution in [0, 0.1) is 5.92 Å². The maximum atomic E-state index is 12.8. The fraction of sp³-hybridized carbons (Fsp3) is 0.526. The lowest BCUT2D eigenvalue weighted by Crippen LogP contribution is -2.33. The van der Waals surface area contributed by atoms with Gasteiger partial charge in [0.15, 0.2) is 0 Å². The number of aromatic nitrogens is 3. The highest BCUT2D eigenvalue weighted by Gasteiger charge is 2.38. The topological polar surface area (TPSA) is 54.3 Å². The first kappa shape index (κ1) is 16.1. The second-order valence-electron chi connectivity index (χ2n) is 7.16. The van der Waals surface area contributed by atoms with Crippen molar-refractivity contribution in [2.45, 2.75) is 38.8 Å². The predicted molar refractivity (Wildman–Crippen MR) is 96.3 cm³/mol. The second-order valence-corrected chi connectivity index (χ2v) is 7.16. The van der Waals surface area contributed by atoms with E-state index in [1.54, 1.807) is 17.3 Å². The molecule has 3 heterocycles. The standard InChI is InChI=1S/C19H25N5O/c1-3-23(13-18-20-8-9-22(18)2)19(25)15-5-7-17(21-11-15)24-12-14-4-6-16(24)10-14/h5,7-9,11,14,16H,3-4,6,10,12-13H2,1-2H3/t14-,16-/m0/s1. The summed E-state index contributed by atoms with van der Waals surface area (Å²) in [5.74, 6) is 2.73. The molecular weight excluding hydrogens is 314 g/mol. The average molecular weight is 339 g/mol. The number of imidazole rings is 1. The molecule has 4 rings (SSSR count). The monoisotopic (exact) mass is 339 g/mol. The lowest BCUT2D eigenvalue weighted by molar-refractivity contribution is 0.0747. The molecule has 0 unspecified atom stereocenters. The van der Waals surface area contributed by atoms with E-state index in [0.717, 1.165) is 24.1 Å². The smallest absolute Gasteiger partial charge is 0.255 e. The predicted octanol–water partition coefficient (Wildman–Crippen LogP) is 2.47. The SMILES string of the molecule is CCN(Cc1nccn1C)C(=O)c1ccc(N2C[C@H]3CC[C@H]2C3)nc1. The van der Waals surface area contributed by atoms with Crippen LogP contribution in [0.3, 0.4) is 0 Å². The normalized spacial score (nSPS) is 21.8. The molecule has 2 bridgehead atoms. The molecule has 1 amide bonds. The van der Waals surface area contributed by atoms with Crippen LogP contribution in [-0.2, 0) is 13.6 Å². The van der Waals surface area contributed by atoms with Gasteiger partial charge in [0.05, 0.1) is 12.1 Å². The van der Waals surface area contributed by atoms with Gasteiger partial charge >= 0.3 is 0 Å². The third-order valence-corrected chi connectivity index (χ3v) is 5.62. The van der Waals surface area contributed by atoms with Crippen molar-refractivity contribution in [3.8, 4) is 0 Å². The Morgan fingerprint density at radius 2 is 2.20 bits per heavy atom. The van der Waals surface area contributed by atoms with Crippen LogP contribution >= 0.6 is 0 Å². The molecule has 6 nitrogen and oxygen atoms in total. The fourth-order valence-corrected chi connectivity index (χ4v) is 4.12. The summed E-state index contributed by atoms with van der Waals surface area (Å²) in [6.45, 7) is 4.26. The zero-order valence-corrected chi connectivity index (χ0v) is 14.9. The summed E-state index contributed by atoms with van der Waals surface area (Å²) in [7, 11) is 1.95. The van der Waals surface area contributed by atoms with Crippen LogP contribution in [-0.4, -0.2) is 44.5 Å². The number of piperidine rings is 1. The van der Waals surface area contributed by atoms with Crippen LogP contribution in [0.25, 0.3) is 0 Å². The number of rotatable bonds is 5. The van der Waals surface area contributed by atoms with Gasteiger partial charge in [-0.2, -0.15) is 0 Å². The van der Waals surface area contributed by atoms with Crippen molar-refractivity contribution in [3.05, 3.63) is 42.1 Å². The van der Waals surface area contributed by atoms with Crippen LogP contribution in [0.4, 0.5) is 5.82 Å². The summed E-state index contributed by atoms with van der Waals surface area (Å²) in [5, 5.41) is 0. The molecule has 0 spiro atoms. The van der Waals surface area contributed by atoms with E-state index in [0.29, 0.717) is 24.7 Å². The van der Waals surface area contributed by atoms with E-state index in [9.17, 15) is 4.79 Å². The number of hydrogen-bond donors (Lipinski definition) is 0. The Labute approximate surface area is 148 Å². The molecule has 2 aromatic rings. The molecule has 0 N–H and O–H groups in total. The van der Waals surface area contributed by atoms with Gasteiger partial charge in [0, 0.05) is 44.8 Å². The molecule has 2 atom stereocenters. The summed E-state index contributed by atoms with van der Waals surface area (Å²) >= 11 is 0. The quantitative estimate of drug-likeness (QED) is 0.840. The molecular formula is C19H25N5O. The van der Waals surface area contributed by atoms with Gasteiger partial charge in [-0.1, -0.05) is 0 Å². The first-order valence-corrected chi connectivity index (χ1v) is 9.14. The van der Waals surface area contributed by atoms with Crippen LogP contribution in [0.2, 0.25) is 0 Å². The highest BCUT2D eigenvalue weighted by molar-refractivity contribution is 5.94. The van der Waals surface area contributed by atoms with Crippen molar-refractivity contribution in [2.75, 3.05) is 18.0 Å². The molecule has 25 heavy (non-hydrogen) atoms. The average Bonchev–Trinajstić information content (AvgIpc) is 3.36. The molecule has 1 saturated heterocycles. The number of anilines is 1. The Balaban J connectivity index is 1.47. The van der Waals surface area contributed by atoms with E-state index in [-0.39, 0.29) is 5.91 Å². The number of amides is 1. The Kier molecular flexibility index (Phi) is 4.19. The Morgan fingerprint density at radius 3 is 2.76 bits per heavy atom. The van der Waals surface area contributed by atoms with Gasteiger partial charge in [-0.25, -0.2) is 9.97 Å². The largest absolute Gasteiger partial charge is 0.353 e. The molecule has 2 aliphatic rings. The molecule has 6 heteroatoms. The Morgan fingerprint density at radius 1 is 1.32 bits per heavy atom. The second kappa shape index (κ2) is 6.50. The molecule has 1 aliphatic heterocycles. The van der Waals surface area contributed by atoms with Crippen molar-refractivity contribution in [1.29, 1.82) is 0 Å². The molecule has 1 saturated carbocycles. The van der Waals surface area contributed by atoms with E-state index in [4.69, 9.17) is 0 Å². The van der Waals surface area contributed by atoms with Crippen molar-refractivity contribution in [3.63, 3.8) is 0 Å². The van der Waals surface area contributed by atoms with Crippen LogP contribution in [0.1, 0.15) is 42.4 Å². The fourth-order valence-electron chi connectivity index (χ4n) is 4.12. The summed E-state index contributed by atoms with van der Waals surface area (Å²) in [4.78, 5) is 25.9. The molecule has 2 aromatic heterocycles. The molecule has 1 aliphatic carbocycles. The lowest BCUT2D eigenvalue weighted by Gasteiger charge is -2.28. The van der Waals surface area contributed by atoms with Gasteiger partial charge in [-0.3, -0.25) is 4.79 Å². The first-order chi connectivity index (χ1) is 12.2. The van der Waals surface area contributed by atoms with Crippen molar-refractivity contribution in [1.82, 2.24) is 19.4 Å². The van der Waals surface area contributed by atoms with Gasteiger partial charge in [0.2, 0.25) is 0 Å². The lowest BCUT2D eigenvalue weighted by atomic mass is 10.1. The van der Waals surface area contributed by atoms with Crippen molar-refractivity contribution < 1.29 is 4.79 Å². The molecule has 2 fully saturated rings. The number of nitrogens with zero attached hydrogens (tertiary/aromatic N) is 5. The number of hydrogen-bond acceptors (Lipinski definition) is 4. The molecule has 0 radical (unpaired) electrons. The van der Waals surface area contributed by atoms with E-state index in [1.807, 2.05) is 36.9 Å². The highest BCUT2D eigenvalue weighted by Crippen LogP contribution is 2.39. The zero-order valence-electron chi connectivity index (χ0n) is 14.9. The van der Waals surface area contributed by atoms with Gasteiger partial charge < -0.3 is 14.4 Å². The summed E-state index contributed by atoms with van der Waals surface area (Å²) in [5.41, 5.74) is 0.643. The van der Waals surface area contributed by atoms with Crippen LogP contribution in [0.5, 0.6) is 0 Å². The Bertz CT molecular complexity index is 753. The van der Waals surface area contributed by atoms with Crippen molar-refractivity contribution >= 4 is 11.7 Å². The highest BCUT2D eigenvalue weighted by atomic mass is 16.2. The minimum Gasteiger partial charge on any atom is -0.353 e. The van der Waals surface area contributed by atoms with Crippen LogP contribution < -0.4 is 4.90 Å². The van der Waals surface area contributed by atoms with Gasteiger partial charge in [-0.15, -0.1) is 0 Å². The maximum Gasteiger partial charge on any atom is 0.255 e. The van der Waals surface area contributed by atoms with Gasteiger partial charge in [0.1, 0.15) is 11.6 Å². The summed E-state index contributed by atoms with van der Waals surface area (Å²) in [6, 6.07) is 4.56. The minimum atomic E-state index is 0.00694. The van der Waals surface area contributed by atoms with Crippen LogP contribution in [0.15, 0.2) is 30.7 Å². The van der Waals surface area contributed by atoms with E-state index < -0.39 is 0 Å². The zero-order chi connectivity index (χ0) is 17.4. The third-order valence-electron chi connectivity index (χ3n) is 5.62. The van der Waals surface area contributed by atoms with E-state index in [2.05, 4.69) is 14.9 Å². The number of carbonyl (C=O) groups excluding carboxylic acids is 1. The third kappa shape index (κ3) is 3.01. The van der Waals surface area contributed by atoms with E-state index in [1.165, 1.54) is 19.3 Å². The van der Waals surface area contributed by atoms with E-state index >= 15 is 0 Å². The summed E-state index contributed by atoms with van der Waals surface area (Å²) < 4.78 is 1.94. The number of pyridine rings is 1. The summed E-state index contributed by atoms with van der Waals surface area (Å²) in [6.07, 6.45) is 9.32. The molecule has 0 aromatic carbocycles. The van der Waals surface area contributed by atoms with Gasteiger partial charge in [-0.05, 0) is 44.2 Å². The number of carbonyl (C=O) groups is 1. The Hall–Kier alpha value is -2.37.